The number of likely N-dealkylation sites (N-methyl/N-ethyl adjacent to an activating group) is 1. The van der Waals surface area contributed by atoms with Crippen molar-refractivity contribution in [2.75, 3.05) is 36.5 Å². The first-order valence-corrected chi connectivity index (χ1v) is 12.4. The molecule has 29 heavy (non-hydrogen) atoms. The number of esters is 1. The van der Waals surface area contributed by atoms with Crippen molar-refractivity contribution in [3.63, 3.8) is 0 Å². The molecule has 1 atom stereocenters. The average molecular weight is 431 g/mol. The highest BCUT2D eigenvalue weighted by molar-refractivity contribution is 8.76. The van der Waals surface area contributed by atoms with Crippen LogP contribution in [-0.4, -0.2) is 49.9 Å². The summed E-state index contributed by atoms with van der Waals surface area (Å²) in [7, 11) is 5.59. The summed E-state index contributed by atoms with van der Waals surface area (Å²) in [5.74, 6) is 1.87. The molecule has 1 aromatic carbocycles. The molecule has 0 spiro atoms. The van der Waals surface area contributed by atoms with Crippen molar-refractivity contribution >= 4 is 45.5 Å². The number of ether oxygens (including phenoxy) is 1. The second-order valence-corrected chi connectivity index (χ2v) is 9.21. The summed E-state index contributed by atoms with van der Waals surface area (Å²) in [6.07, 6.45) is 15.8. The van der Waals surface area contributed by atoms with Gasteiger partial charge in [0.25, 0.3) is 0 Å². The molecule has 6 heteroatoms. The van der Waals surface area contributed by atoms with Crippen molar-refractivity contribution in [3.05, 3.63) is 60.2 Å². The molecule has 0 radical (unpaired) electrons. The van der Waals surface area contributed by atoms with E-state index in [4.69, 9.17) is 4.74 Å². The minimum absolute atomic E-state index is 0.0465. The standard InChI is InChI=1S/C23H30N2O2S2/c1-3-24-16-8-6-4-5-7-10-20-12-14-21(15-13-20)25(2)18-23(26)27-22-11-9-17-28-29-19-22/h4-8,10,12-16,22H,3,9,11,17-19H2,1-2H3/b5-4+,8-6-,10-7+,24-16?. The van der Waals surface area contributed by atoms with E-state index in [1.165, 1.54) is 0 Å². The van der Waals surface area contributed by atoms with Crippen molar-refractivity contribution in [3.8, 4) is 0 Å². The van der Waals surface area contributed by atoms with Crippen LogP contribution >= 0.6 is 21.6 Å². The molecule has 1 fully saturated rings. The number of rotatable bonds is 9. The molecule has 0 amide bonds. The third-order valence-electron chi connectivity index (χ3n) is 4.20. The van der Waals surface area contributed by atoms with E-state index in [0.29, 0.717) is 0 Å². The van der Waals surface area contributed by atoms with E-state index >= 15 is 0 Å². The largest absolute Gasteiger partial charge is 0.460 e. The number of carbonyl (C=O) groups excluding carboxylic acids is 1. The Morgan fingerprint density at radius 1 is 1.17 bits per heavy atom. The molecular weight excluding hydrogens is 400 g/mol. The van der Waals surface area contributed by atoms with Gasteiger partial charge in [0.2, 0.25) is 0 Å². The van der Waals surface area contributed by atoms with Crippen LogP contribution in [0.2, 0.25) is 0 Å². The highest BCUT2D eigenvalue weighted by atomic mass is 33.1. The summed E-state index contributed by atoms with van der Waals surface area (Å²) in [5, 5.41) is 0. The molecule has 1 unspecified atom stereocenters. The molecule has 1 saturated heterocycles. The van der Waals surface area contributed by atoms with Gasteiger partial charge in [-0.1, -0.05) is 64.1 Å². The predicted octanol–water partition coefficient (Wildman–Crippen LogP) is 5.43. The lowest BCUT2D eigenvalue weighted by Crippen LogP contribution is -2.30. The Kier molecular flexibility index (Phi) is 11.4. The lowest BCUT2D eigenvalue weighted by atomic mass is 10.2. The van der Waals surface area contributed by atoms with Gasteiger partial charge in [-0.3, -0.25) is 9.79 Å². The van der Waals surface area contributed by atoms with E-state index in [0.717, 1.165) is 42.1 Å². The Labute approximate surface area is 182 Å². The van der Waals surface area contributed by atoms with E-state index in [9.17, 15) is 4.79 Å². The minimum atomic E-state index is -0.156. The SMILES string of the molecule is CCN=C\C=C/C=C/C=C/c1ccc(N(C)CC(=O)OC2CCCSSC2)cc1. The van der Waals surface area contributed by atoms with Crippen molar-refractivity contribution in [2.24, 2.45) is 4.99 Å². The van der Waals surface area contributed by atoms with Crippen LogP contribution in [0.4, 0.5) is 5.69 Å². The number of nitrogens with zero attached hydrogens (tertiary/aromatic N) is 2. The Morgan fingerprint density at radius 3 is 2.72 bits per heavy atom. The normalized spacial score (nSPS) is 18.1. The van der Waals surface area contributed by atoms with Gasteiger partial charge in [-0.25, -0.2) is 0 Å². The smallest absolute Gasteiger partial charge is 0.325 e. The summed E-state index contributed by atoms with van der Waals surface area (Å²) >= 11 is 0. The number of benzene rings is 1. The van der Waals surface area contributed by atoms with E-state index < -0.39 is 0 Å². The Bertz CT molecular complexity index is 719. The zero-order chi connectivity index (χ0) is 20.7. The molecule has 1 aliphatic rings. The molecule has 0 aromatic heterocycles. The first-order valence-electron chi connectivity index (χ1n) is 9.94. The molecule has 1 heterocycles. The molecule has 1 aliphatic heterocycles. The molecular formula is C23H30N2O2S2. The van der Waals surface area contributed by atoms with Gasteiger partial charge >= 0.3 is 5.97 Å². The summed E-state index contributed by atoms with van der Waals surface area (Å²) in [4.78, 5) is 18.3. The van der Waals surface area contributed by atoms with Gasteiger partial charge in [0.15, 0.2) is 0 Å². The minimum Gasteiger partial charge on any atom is -0.460 e. The predicted molar refractivity (Wildman–Crippen MR) is 130 cm³/mol. The van der Waals surface area contributed by atoms with Crippen LogP contribution in [-0.2, 0) is 9.53 Å². The van der Waals surface area contributed by atoms with Crippen molar-refractivity contribution < 1.29 is 9.53 Å². The van der Waals surface area contributed by atoms with Gasteiger partial charge in [0.05, 0.1) is 0 Å². The van der Waals surface area contributed by atoms with Crippen molar-refractivity contribution in [1.82, 2.24) is 0 Å². The number of hydrogen-bond donors (Lipinski definition) is 0. The second-order valence-electron chi connectivity index (χ2n) is 6.58. The van der Waals surface area contributed by atoms with Crippen LogP contribution in [0.25, 0.3) is 6.08 Å². The molecule has 156 valence electrons. The highest BCUT2D eigenvalue weighted by Crippen LogP contribution is 2.29. The van der Waals surface area contributed by atoms with E-state index in [-0.39, 0.29) is 18.6 Å². The number of allylic oxidation sites excluding steroid dienone is 5. The summed E-state index contributed by atoms with van der Waals surface area (Å²) < 4.78 is 5.65. The molecule has 2 rings (SSSR count). The maximum Gasteiger partial charge on any atom is 0.325 e. The van der Waals surface area contributed by atoms with E-state index in [2.05, 4.69) is 4.99 Å². The van der Waals surface area contributed by atoms with Gasteiger partial charge in [-0.15, -0.1) is 0 Å². The van der Waals surface area contributed by atoms with Crippen molar-refractivity contribution in [1.29, 1.82) is 0 Å². The summed E-state index contributed by atoms with van der Waals surface area (Å²) in [5.41, 5.74) is 2.11. The van der Waals surface area contributed by atoms with Gasteiger partial charge in [-0.2, -0.15) is 0 Å². The van der Waals surface area contributed by atoms with Gasteiger partial charge in [-0.05, 0) is 43.5 Å². The van der Waals surface area contributed by atoms with E-state index in [1.54, 1.807) is 17.0 Å². The zero-order valence-corrected chi connectivity index (χ0v) is 18.8. The lowest BCUT2D eigenvalue weighted by molar-refractivity contribution is -0.146. The fourth-order valence-electron chi connectivity index (χ4n) is 2.65. The number of anilines is 1. The molecule has 0 aliphatic carbocycles. The van der Waals surface area contributed by atoms with Crippen LogP contribution in [0.15, 0.2) is 59.6 Å². The molecule has 0 saturated carbocycles. The maximum absolute atomic E-state index is 12.2. The van der Waals surface area contributed by atoms with Crippen molar-refractivity contribution in [2.45, 2.75) is 25.9 Å². The Morgan fingerprint density at radius 2 is 1.93 bits per heavy atom. The lowest BCUT2D eigenvalue weighted by Gasteiger charge is -2.21. The number of hydrogen-bond acceptors (Lipinski definition) is 6. The van der Waals surface area contributed by atoms with Crippen LogP contribution in [0.5, 0.6) is 0 Å². The number of aliphatic imine (C=N–C) groups is 1. The molecule has 0 bridgehead atoms. The summed E-state index contributed by atoms with van der Waals surface area (Å²) in [6.45, 7) is 3.08. The third kappa shape index (κ3) is 9.90. The third-order valence-corrected chi connectivity index (χ3v) is 6.73. The monoisotopic (exact) mass is 430 g/mol. The second kappa shape index (κ2) is 14.1. The molecule has 1 aromatic rings. The van der Waals surface area contributed by atoms with Crippen LogP contribution in [0.1, 0.15) is 25.3 Å². The first kappa shape index (κ1) is 23.4. The Hall–Kier alpha value is -1.92. The molecule has 4 nitrogen and oxygen atoms in total. The van der Waals surface area contributed by atoms with Gasteiger partial charge in [0.1, 0.15) is 12.6 Å². The first-order chi connectivity index (χ1) is 14.2. The number of carbonyl (C=O) groups is 1. The molecule has 0 N–H and O–H groups in total. The quantitative estimate of drug-likeness (QED) is 0.226. The average Bonchev–Trinajstić information content (AvgIpc) is 2.99. The maximum atomic E-state index is 12.2. The summed E-state index contributed by atoms with van der Waals surface area (Å²) in [6, 6.07) is 8.14. The van der Waals surface area contributed by atoms with Crippen LogP contribution in [0.3, 0.4) is 0 Å². The van der Waals surface area contributed by atoms with Crippen LogP contribution < -0.4 is 4.90 Å². The van der Waals surface area contributed by atoms with Gasteiger partial charge < -0.3 is 9.64 Å². The topological polar surface area (TPSA) is 41.9 Å². The Balaban J connectivity index is 1.78. The highest BCUT2D eigenvalue weighted by Gasteiger charge is 2.18. The fraction of sp³-hybridized carbons (Fsp3) is 0.391. The van der Waals surface area contributed by atoms with Crippen LogP contribution in [0, 0.1) is 0 Å². The van der Waals surface area contributed by atoms with Gasteiger partial charge in [0, 0.05) is 37.0 Å². The fourth-order valence-corrected chi connectivity index (χ4v) is 4.99. The zero-order valence-electron chi connectivity index (χ0n) is 17.2. The van der Waals surface area contributed by atoms with E-state index in [1.807, 2.05) is 90.4 Å².